The molecular formula is Re26W5. The van der Waals surface area contributed by atoms with Crippen LogP contribution >= 0.6 is 0 Å². The molecular weight excluding hydrogens is 5760 g/mol. The van der Waals surface area contributed by atoms with Crippen LogP contribution < -0.4 is 0 Å². The van der Waals surface area contributed by atoms with Gasteiger partial charge in [0.25, 0.3) is 0 Å². The summed E-state index contributed by atoms with van der Waals surface area (Å²) in [5.41, 5.74) is 0. The van der Waals surface area contributed by atoms with Crippen molar-refractivity contribution >= 4 is 0 Å². The van der Waals surface area contributed by atoms with Crippen molar-refractivity contribution in [3.05, 3.63) is 0 Å². The first-order valence-electron chi connectivity index (χ1n) is 0. The predicted octanol–water partition coefficient (Wildman–Crippen LogP) is -0.0775. The Labute approximate surface area is 618 Å². The van der Waals surface area contributed by atoms with Crippen molar-refractivity contribution < 1.29 is 636 Å². The first-order valence-corrected chi connectivity index (χ1v) is 0. The van der Waals surface area contributed by atoms with Crippen LogP contribution in [0.25, 0.3) is 0 Å². The molecule has 26 radical (unpaired) electrons. The fraction of sp³-hybridized carbons (Fsp3) is 0. The van der Waals surface area contributed by atoms with Crippen LogP contribution in [0.4, 0.5) is 0 Å². The molecule has 0 aromatic carbocycles. The van der Waals surface area contributed by atoms with Crippen LogP contribution in [-0.4, -0.2) is 0 Å². The summed E-state index contributed by atoms with van der Waals surface area (Å²) < 4.78 is 0. The molecule has 0 unspecified atom stereocenters. The van der Waals surface area contributed by atoms with Crippen LogP contribution in [-0.2, 0) is 636 Å². The molecule has 0 aromatic heterocycles. The van der Waals surface area contributed by atoms with Crippen molar-refractivity contribution in [3.8, 4) is 0 Å². The van der Waals surface area contributed by atoms with Crippen molar-refractivity contribution in [1.29, 1.82) is 0 Å². The summed E-state index contributed by atoms with van der Waals surface area (Å²) in [4.78, 5) is 0. The van der Waals surface area contributed by atoms with E-state index in [0.717, 1.165) is 0 Å². The van der Waals surface area contributed by atoms with Gasteiger partial charge in [-0.15, -0.1) is 0 Å². The van der Waals surface area contributed by atoms with Crippen LogP contribution in [0, 0.1) is 0 Å². The average Bonchev–Trinajstić information content (AvgIpc) is 0. The first-order chi connectivity index (χ1) is 0. The van der Waals surface area contributed by atoms with Crippen LogP contribution in [0.5, 0.6) is 0 Å². The Bertz CT molecular complexity index is 19.8. The van der Waals surface area contributed by atoms with E-state index < -0.39 is 0 Å². The molecule has 0 nitrogen and oxygen atoms in total. The number of hydrogen-bond donors (Lipinski definition) is 0. The van der Waals surface area contributed by atoms with E-state index in [9.17, 15) is 0 Å². The fourth-order valence-corrected chi connectivity index (χ4v) is 0. The van der Waals surface area contributed by atoms with Gasteiger partial charge >= 0.3 is 0 Å². The van der Waals surface area contributed by atoms with Gasteiger partial charge in [-0.25, -0.2) is 0 Å². The average molecular weight is 5760 g/mol. The van der Waals surface area contributed by atoms with Crippen LogP contribution in [0.2, 0.25) is 0 Å². The molecule has 31 heavy (non-hydrogen) atoms. The molecule has 0 aliphatic rings. The molecule has 0 heterocycles. The van der Waals surface area contributed by atoms with Crippen LogP contribution in [0.3, 0.4) is 0 Å². The van der Waals surface area contributed by atoms with E-state index in [-0.39, 0.29) is 636 Å². The van der Waals surface area contributed by atoms with Crippen LogP contribution in [0.1, 0.15) is 0 Å². The largest absolute Gasteiger partial charge is 0 e. The minimum absolute atomic E-state index is 0. The maximum Gasteiger partial charge on any atom is 0 e. The number of hydrogen-bond acceptors (Lipinski definition) is 0. The second-order valence-electron chi connectivity index (χ2n) is 0. The molecule has 0 N–H and O–H groups in total. The molecule has 0 bridgehead atoms. The van der Waals surface area contributed by atoms with Gasteiger partial charge in [-0.2, -0.15) is 0 Å². The van der Waals surface area contributed by atoms with Gasteiger partial charge in [0.05, 0.1) is 0 Å². The Morgan fingerprint density at radius 1 is 0.0645 bits per heavy atom. The Morgan fingerprint density at radius 2 is 0.0645 bits per heavy atom. The van der Waals surface area contributed by atoms with Crippen molar-refractivity contribution in [1.82, 2.24) is 0 Å². The molecule has 0 saturated heterocycles. The molecule has 0 rings (SSSR count). The zero-order chi connectivity index (χ0) is 0. The minimum atomic E-state index is 0. The SMILES string of the molecule is [Re].[Re].[Re].[Re].[Re].[Re].[Re].[Re].[Re].[Re].[Re].[Re].[Re].[Re].[Re].[Re].[Re].[Re].[Re].[Re].[Re].[Re].[Re].[Re].[Re].[Re].[W].[W].[W].[W].[W]. The second kappa shape index (κ2) is 293. The first kappa shape index (κ1) is 311. The Morgan fingerprint density at radius 3 is 0.0645 bits per heavy atom. The van der Waals surface area contributed by atoms with Gasteiger partial charge in [-0.1, -0.05) is 0 Å². The summed E-state index contributed by atoms with van der Waals surface area (Å²) in [7, 11) is 0. The maximum absolute atomic E-state index is 0. The van der Waals surface area contributed by atoms with E-state index in [2.05, 4.69) is 0 Å². The Hall–Kier alpha value is 20.7. The Kier molecular flexibility index (Phi) is 2930. The fourth-order valence-electron chi connectivity index (χ4n) is 0. The maximum atomic E-state index is 0. The minimum Gasteiger partial charge on any atom is 0 e. The quantitative estimate of drug-likeness (QED) is 0.319. The second-order valence-corrected chi connectivity index (χ2v) is 0. The van der Waals surface area contributed by atoms with Gasteiger partial charge in [0, 0.05) is 636 Å². The molecule has 0 amide bonds. The van der Waals surface area contributed by atoms with E-state index in [1.807, 2.05) is 0 Å². The van der Waals surface area contributed by atoms with E-state index in [1.54, 1.807) is 0 Å². The molecule has 31 heteroatoms. The summed E-state index contributed by atoms with van der Waals surface area (Å²) >= 11 is 0. The standard InChI is InChI=1S/26Re.5W. The normalized spacial score (nSPS) is 0. The van der Waals surface area contributed by atoms with Crippen molar-refractivity contribution in [2.24, 2.45) is 0 Å². The third-order valence-corrected chi connectivity index (χ3v) is 0. The monoisotopic (exact) mass is 5780 g/mol. The van der Waals surface area contributed by atoms with Gasteiger partial charge in [0.1, 0.15) is 0 Å². The summed E-state index contributed by atoms with van der Waals surface area (Å²) in [5, 5.41) is 0. The molecule has 0 atom stereocenters. The van der Waals surface area contributed by atoms with E-state index >= 15 is 0 Å². The summed E-state index contributed by atoms with van der Waals surface area (Å²) in [6, 6.07) is 0. The molecule has 0 aliphatic carbocycles. The predicted molar refractivity (Wildman–Crippen MR) is 0 cm³/mol. The Balaban J connectivity index is 0. The van der Waals surface area contributed by atoms with Crippen molar-refractivity contribution in [3.63, 3.8) is 0 Å². The topological polar surface area (TPSA) is 0 Å². The van der Waals surface area contributed by atoms with E-state index in [1.165, 1.54) is 0 Å². The summed E-state index contributed by atoms with van der Waals surface area (Å²) in [6.45, 7) is 0. The van der Waals surface area contributed by atoms with Gasteiger partial charge in [-0.3, -0.25) is 0 Å². The van der Waals surface area contributed by atoms with Gasteiger partial charge in [0.2, 0.25) is 0 Å². The summed E-state index contributed by atoms with van der Waals surface area (Å²) in [5.74, 6) is 0. The van der Waals surface area contributed by atoms with Gasteiger partial charge in [-0.05, 0) is 0 Å². The summed E-state index contributed by atoms with van der Waals surface area (Å²) in [6.07, 6.45) is 0. The smallest absolute Gasteiger partial charge is 0 e. The van der Waals surface area contributed by atoms with Crippen LogP contribution in [0.15, 0.2) is 0 Å². The molecule has 0 aliphatic heterocycles. The van der Waals surface area contributed by atoms with Crippen molar-refractivity contribution in [2.75, 3.05) is 0 Å². The van der Waals surface area contributed by atoms with E-state index in [0.29, 0.717) is 0 Å². The molecule has 0 saturated carbocycles. The molecule has 0 fully saturated rings. The molecule has 0 spiro atoms. The molecule has 212 valence electrons. The third-order valence-electron chi connectivity index (χ3n) is 0. The third kappa shape index (κ3) is 281. The zero-order valence-corrected chi connectivity index (χ0v) is 97.1. The van der Waals surface area contributed by atoms with Gasteiger partial charge in [0.15, 0.2) is 0 Å². The zero-order valence-electron chi connectivity index (χ0n) is 11.9. The molecule has 0 aromatic rings. The number of rotatable bonds is 0. The van der Waals surface area contributed by atoms with Gasteiger partial charge < -0.3 is 0 Å². The van der Waals surface area contributed by atoms with E-state index in [4.69, 9.17) is 0 Å². The van der Waals surface area contributed by atoms with Crippen molar-refractivity contribution in [2.45, 2.75) is 0 Å².